The maximum absolute atomic E-state index is 10.9. The van der Waals surface area contributed by atoms with E-state index < -0.39 is 0 Å². The topological polar surface area (TPSA) is 51.3 Å². The van der Waals surface area contributed by atoms with E-state index in [4.69, 9.17) is 0 Å². The van der Waals surface area contributed by atoms with Gasteiger partial charge in [-0.15, -0.1) is 0 Å². The van der Waals surface area contributed by atoms with Crippen molar-refractivity contribution in [1.82, 2.24) is 9.47 Å². The molecule has 0 amide bonds. The number of benzene rings is 1. The summed E-state index contributed by atoms with van der Waals surface area (Å²) in [6.07, 6.45) is 0. The van der Waals surface area contributed by atoms with Crippen LogP contribution in [0.15, 0.2) is 18.2 Å². The Hall–Kier alpha value is -1.88. The van der Waals surface area contributed by atoms with Gasteiger partial charge in [-0.05, 0) is 39.6 Å². The lowest BCUT2D eigenvalue weighted by atomic mass is 10.1. The van der Waals surface area contributed by atoms with Crippen LogP contribution in [0, 0.1) is 24.0 Å². The number of hydrogen-bond acceptors (Lipinski definition) is 3. The minimum Gasteiger partial charge on any atom is -0.343 e. The van der Waals surface area contributed by atoms with Gasteiger partial charge in [-0.25, -0.2) is 0 Å². The van der Waals surface area contributed by atoms with Gasteiger partial charge < -0.3 is 9.47 Å². The van der Waals surface area contributed by atoms with Crippen molar-refractivity contribution >= 4 is 16.6 Å². The molecule has 0 saturated carbocycles. The third-order valence-electron chi connectivity index (χ3n) is 3.60. The molecule has 5 heteroatoms. The molecule has 0 aliphatic carbocycles. The van der Waals surface area contributed by atoms with E-state index in [0.29, 0.717) is 0 Å². The molecule has 0 atom stereocenters. The number of nitrogens with zero attached hydrogens (tertiary/aromatic N) is 3. The summed E-state index contributed by atoms with van der Waals surface area (Å²) in [5, 5.41) is 11.8. The molecule has 0 saturated heterocycles. The smallest absolute Gasteiger partial charge is 0.270 e. The third kappa shape index (κ3) is 2.46. The van der Waals surface area contributed by atoms with Crippen molar-refractivity contribution in [2.75, 3.05) is 20.6 Å². The van der Waals surface area contributed by atoms with Crippen LogP contribution < -0.4 is 0 Å². The zero-order chi connectivity index (χ0) is 14.2. The van der Waals surface area contributed by atoms with Gasteiger partial charge in [0.05, 0.1) is 4.92 Å². The van der Waals surface area contributed by atoms with Gasteiger partial charge in [-0.3, -0.25) is 10.1 Å². The molecule has 0 aliphatic heterocycles. The maximum atomic E-state index is 10.9. The molecule has 1 heterocycles. The predicted octanol–water partition coefficient (Wildman–Crippen LogP) is 2.73. The van der Waals surface area contributed by atoms with Crippen molar-refractivity contribution in [3.05, 3.63) is 39.6 Å². The summed E-state index contributed by atoms with van der Waals surface area (Å²) in [5.41, 5.74) is 3.53. The van der Waals surface area contributed by atoms with Gasteiger partial charge in [0.15, 0.2) is 0 Å². The quantitative estimate of drug-likeness (QED) is 0.628. The molecule has 19 heavy (non-hydrogen) atoms. The molecule has 0 unspecified atom stereocenters. The highest BCUT2D eigenvalue weighted by atomic mass is 16.6. The summed E-state index contributed by atoms with van der Waals surface area (Å²) in [5.74, 6) is 0. The predicted molar refractivity (Wildman–Crippen MR) is 76.6 cm³/mol. The lowest BCUT2D eigenvalue weighted by Gasteiger charge is -2.13. The second kappa shape index (κ2) is 5.01. The Morgan fingerprint density at radius 3 is 2.58 bits per heavy atom. The van der Waals surface area contributed by atoms with E-state index >= 15 is 0 Å². The number of hydrogen-bond donors (Lipinski definition) is 0. The van der Waals surface area contributed by atoms with Gasteiger partial charge in [0.2, 0.25) is 0 Å². The molecule has 0 aliphatic rings. The van der Waals surface area contributed by atoms with Gasteiger partial charge in [0.25, 0.3) is 5.69 Å². The molecular weight excluding hydrogens is 242 g/mol. The fourth-order valence-electron chi connectivity index (χ4n) is 2.34. The monoisotopic (exact) mass is 261 g/mol. The van der Waals surface area contributed by atoms with E-state index in [1.807, 2.05) is 27.1 Å². The van der Waals surface area contributed by atoms with Crippen molar-refractivity contribution < 1.29 is 4.92 Å². The summed E-state index contributed by atoms with van der Waals surface area (Å²) < 4.78 is 2.23. The molecule has 2 aromatic rings. The average Bonchev–Trinajstić information content (AvgIpc) is 2.59. The molecule has 1 aromatic carbocycles. The Balaban J connectivity index is 2.53. The molecule has 102 valence electrons. The second-order valence-electron chi connectivity index (χ2n) is 5.12. The number of likely N-dealkylation sites (N-methyl/N-ethyl adjacent to an activating group) is 1. The van der Waals surface area contributed by atoms with Gasteiger partial charge in [-0.2, -0.15) is 0 Å². The Bertz CT molecular complexity index is 629. The minimum atomic E-state index is -0.342. The molecule has 2 rings (SSSR count). The standard InChI is InChI=1S/C14H19N3O2/c1-10-11(2)16(8-7-15(3)4)14-6-5-12(17(18)19)9-13(10)14/h5-6,9H,7-8H2,1-4H3. The van der Waals surface area contributed by atoms with Gasteiger partial charge in [-0.1, -0.05) is 0 Å². The Morgan fingerprint density at radius 1 is 1.32 bits per heavy atom. The van der Waals surface area contributed by atoms with Crippen LogP contribution in [0.4, 0.5) is 5.69 Å². The lowest BCUT2D eigenvalue weighted by molar-refractivity contribution is -0.384. The number of non-ortho nitro benzene ring substituents is 1. The summed E-state index contributed by atoms with van der Waals surface area (Å²) in [7, 11) is 4.08. The largest absolute Gasteiger partial charge is 0.343 e. The van der Waals surface area contributed by atoms with Crippen molar-refractivity contribution in [2.45, 2.75) is 20.4 Å². The van der Waals surface area contributed by atoms with Crippen LogP contribution in [0.2, 0.25) is 0 Å². The molecule has 0 N–H and O–H groups in total. The van der Waals surface area contributed by atoms with Crippen LogP contribution in [-0.2, 0) is 6.54 Å². The number of rotatable bonds is 4. The molecule has 0 fully saturated rings. The third-order valence-corrected chi connectivity index (χ3v) is 3.60. The normalized spacial score (nSPS) is 11.4. The SMILES string of the molecule is Cc1c(C)n(CCN(C)C)c2ccc([N+](=O)[O-])cc12. The summed E-state index contributed by atoms with van der Waals surface area (Å²) >= 11 is 0. The molecule has 5 nitrogen and oxygen atoms in total. The number of aromatic nitrogens is 1. The van der Waals surface area contributed by atoms with Gasteiger partial charge >= 0.3 is 0 Å². The number of nitro groups is 1. The minimum absolute atomic E-state index is 0.153. The number of aryl methyl sites for hydroxylation is 1. The highest BCUT2D eigenvalue weighted by Gasteiger charge is 2.14. The van der Waals surface area contributed by atoms with Crippen LogP contribution in [0.1, 0.15) is 11.3 Å². The average molecular weight is 261 g/mol. The fourth-order valence-corrected chi connectivity index (χ4v) is 2.34. The first-order valence-corrected chi connectivity index (χ1v) is 6.30. The molecule has 1 aromatic heterocycles. The van der Waals surface area contributed by atoms with Crippen LogP contribution in [0.3, 0.4) is 0 Å². The first-order chi connectivity index (χ1) is 8.91. The zero-order valence-corrected chi connectivity index (χ0v) is 11.8. The van der Waals surface area contributed by atoms with Crippen molar-refractivity contribution in [1.29, 1.82) is 0 Å². The Kier molecular flexibility index (Phi) is 3.57. The Labute approximate surface area is 112 Å². The number of nitro benzene ring substituents is 1. The van der Waals surface area contributed by atoms with Crippen LogP contribution in [0.25, 0.3) is 10.9 Å². The van der Waals surface area contributed by atoms with E-state index in [-0.39, 0.29) is 10.6 Å². The Morgan fingerprint density at radius 2 is 2.00 bits per heavy atom. The van der Waals surface area contributed by atoms with E-state index in [2.05, 4.69) is 16.4 Å². The van der Waals surface area contributed by atoms with E-state index in [1.54, 1.807) is 12.1 Å². The first-order valence-electron chi connectivity index (χ1n) is 6.30. The van der Waals surface area contributed by atoms with E-state index in [9.17, 15) is 10.1 Å². The van der Waals surface area contributed by atoms with Gasteiger partial charge in [0.1, 0.15) is 0 Å². The summed E-state index contributed by atoms with van der Waals surface area (Å²) in [4.78, 5) is 12.6. The van der Waals surface area contributed by atoms with Gasteiger partial charge in [0, 0.05) is 41.8 Å². The summed E-state index contributed by atoms with van der Waals surface area (Å²) in [6, 6.07) is 5.10. The zero-order valence-electron chi connectivity index (χ0n) is 11.8. The fraction of sp³-hybridized carbons (Fsp3) is 0.429. The van der Waals surface area contributed by atoms with Crippen molar-refractivity contribution in [3.63, 3.8) is 0 Å². The van der Waals surface area contributed by atoms with E-state index in [1.165, 1.54) is 5.69 Å². The molecule has 0 bridgehead atoms. The number of fused-ring (bicyclic) bond motifs is 1. The first kappa shape index (κ1) is 13.5. The second-order valence-corrected chi connectivity index (χ2v) is 5.12. The molecule has 0 spiro atoms. The highest BCUT2D eigenvalue weighted by molar-refractivity contribution is 5.87. The van der Waals surface area contributed by atoms with Crippen LogP contribution in [0.5, 0.6) is 0 Å². The van der Waals surface area contributed by atoms with E-state index in [0.717, 1.165) is 29.6 Å². The lowest BCUT2D eigenvalue weighted by Crippen LogP contribution is -2.18. The molecule has 0 radical (unpaired) electrons. The van der Waals surface area contributed by atoms with Crippen LogP contribution >= 0.6 is 0 Å². The van der Waals surface area contributed by atoms with Crippen molar-refractivity contribution in [3.8, 4) is 0 Å². The highest BCUT2D eigenvalue weighted by Crippen LogP contribution is 2.28. The van der Waals surface area contributed by atoms with Crippen LogP contribution in [-0.4, -0.2) is 35.0 Å². The van der Waals surface area contributed by atoms with Crippen molar-refractivity contribution in [2.24, 2.45) is 0 Å². The molecular formula is C14H19N3O2. The maximum Gasteiger partial charge on any atom is 0.270 e. The summed E-state index contributed by atoms with van der Waals surface area (Å²) in [6.45, 7) is 5.92.